The number of hydrogen-bond acceptors (Lipinski definition) is 3. The van der Waals surface area contributed by atoms with E-state index in [4.69, 9.17) is 5.73 Å². The third kappa shape index (κ3) is 1.34. The van der Waals surface area contributed by atoms with Crippen LogP contribution in [0, 0.1) is 3.57 Å². The number of carbonyl (C=O) groups is 1. The Balaban J connectivity index is 2.96. The number of nitrogens with two attached hydrogens (primary N) is 1. The molecule has 0 amide bonds. The van der Waals surface area contributed by atoms with E-state index in [9.17, 15) is 4.79 Å². The van der Waals surface area contributed by atoms with Gasteiger partial charge in [0.1, 0.15) is 0 Å². The van der Waals surface area contributed by atoms with Gasteiger partial charge in [-0.25, -0.2) is 0 Å². The number of aldehydes is 1. The van der Waals surface area contributed by atoms with Gasteiger partial charge in [-0.3, -0.25) is 4.79 Å². The normalized spacial score (nSPS) is 10.5. The molecule has 0 spiro atoms. The SMILES string of the molecule is Nc1cc(I)c(C=O)c2ccsc12. The first kappa shape index (κ1) is 8.96. The molecule has 1 heterocycles. The number of nitrogen functional groups attached to an aromatic ring is 1. The summed E-state index contributed by atoms with van der Waals surface area (Å²) in [6.45, 7) is 0. The lowest BCUT2D eigenvalue weighted by molar-refractivity contribution is 0.112. The summed E-state index contributed by atoms with van der Waals surface area (Å²) >= 11 is 3.69. The van der Waals surface area contributed by atoms with Crippen LogP contribution >= 0.6 is 33.9 Å². The molecule has 0 aliphatic carbocycles. The second-order valence-electron chi connectivity index (χ2n) is 2.64. The van der Waals surface area contributed by atoms with Crippen LogP contribution in [0.15, 0.2) is 17.5 Å². The number of anilines is 1. The van der Waals surface area contributed by atoms with Crippen molar-refractivity contribution in [3.05, 3.63) is 26.6 Å². The number of hydrogen-bond donors (Lipinski definition) is 1. The first-order chi connectivity index (χ1) is 6.24. The van der Waals surface area contributed by atoms with Crippen molar-refractivity contribution in [2.45, 2.75) is 0 Å². The molecule has 1 aromatic carbocycles. The molecule has 0 radical (unpaired) electrons. The van der Waals surface area contributed by atoms with Gasteiger partial charge < -0.3 is 5.73 Å². The summed E-state index contributed by atoms with van der Waals surface area (Å²) in [7, 11) is 0. The Labute approximate surface area is 92.9 Å². The van der Waals surface area contributed by atoms with E-state index < -0.39 is 0 Å². The maximum Gasteiger partial charge on any atom is 0.151 e. The quantitative estimate of drug-likeness (QED) is 0.500. The topological polar surface area (TPSA) is 43.1 Å². The van der Waals surface area contributed by atoms with Crippen molar-refractivity contribution in [2.75, 3.05) is 5.73 Å². The Morgan fingerprint density at radius 3 is 3.00 bits per heavy atom. The summed E-state index contributed by atoms with van der Waals surface area (Å²) in [5.41, 5.74) is 7.31. The average molecular weight is 303 g/mol. The smallest absolute Gasteiger partial charge is 0.151 e. The minimum atomic E-state index is 0.742. The van der Waals surface area contributed by atoms with E-state index in [1.54, 1.807) is 11.3 Å². The van der Waals surface area contributed by atoms with Crippen LogP contribution in [-0.4, -0.2) is 6.29 Å². The van der Waals surface area contributed by atoms with Crippen LogP contribution in [0.3, 0.4) is 0 Å². The molecular formula is C9H6INOS. The van der Waals surface area contributed by atoms with Gasteiger partial charge in [0.15, 0.2) is 6.29 Å². The Bertz CT molecular complexity index is 478. The Kier molecular flexibility index (Phi) is 2.25. The van der Waals surface area contributed by atoms with Gasteiger partial charge in [0.25, 0.3) is 0 Å². The molecule has 0 saturated carbocycles. The molecule has 0 bridgehead atoms. The molecule has 1 aromatic heterocycles. The highest BCUT2D eigenvalue weighted by molar-refractivity contribution is 14.1. The minimum Gasteiger partial charge on any atom is -0.398 e. The second kappa shape index (κ2) is 3.26. The zero-order valence-corrected chi connectivity index (χ0v) is 9.56. The summed E-state index contributed by atoms with van der Waals surface area (Å²) < 4.78 is 1.92. The Morgan fingerprint density at radius 2 is 2.31 bits per heavy atom. The first-order valence-electron chi connectivity index (χ1n) is 3.64. The zero-order chi connectivity index (χ0) is 9.42. The van der Waals surface area contributed by atoms with Crippen LogP contribution < -0.4 is 5.73 Å². The number of thiophene rings is 1. The van der Waals surface area contributed by atoms with Crippen LogP contribution in [0.1, 0.15) is 10.4 Å². The molecule has 0 atom stereocenters. The van der Waals surface area contributed by atoms with Crippen LogP contribution in [0.2, 0.25) is 0 Å². The van der Waals surface area contributed by atoms with E-state index in [1.165, 1.54) is 0 Å². The monoisotopic (exact) mass is 303 g/mol. The Morgan fingerprint density at radius 1 is 1.54 bits per heavy atom. The highest BCUT2D eigenvalue weighted by atomic mass is 127. The van der Waals surface area contributed by atoms with Gasteiger partial charge >= 0.3 is 0 Å². The number of carbonyl (C=O) groups excluding carboxylic acids is 1. The Hall–Kier alpha value is -0.620. The molecule has 2 aromatic rings. The van der Waals surface area contributed by atoms with Crippen molar-refractivity contribution < 1.29 is 4.79 Å². The van der Waals surface area contributed by atoms with E-state index in [0.29, 0.717) is 0 Å². The fourth-order valence-electron chi connectivity index (χ4n) is 1.27. The van der Waals surface area contributed by atoms with Crippen LogP contribution in [0.5, 0.6) is 0 Å². The molecule has 0 aliphatic rings. The van der Waals surface area contributed by atoms with Gasteiger partial charge in [-0.15, -0.1) is 11.3 Å². The molecular weight excluding hydrogens is 297 g/mol. The van der Waals surface area contributed by atoms with E-state index in [0.717, 1.165) is 31.2 Å². The van der Waals surface area contributed by atoms with Crippen molar-refractivity contribution in [3.63, 3.8) is 0 Å². The molecule has 2 nitrogen and oxygen atoms in total. The summed E-state index contributed by atoms with van der Waals surface area (Å²) in [6.07, 6.45) is 0.885. The molecule has 66 valence electrons. The van der Waals surface area contributed by atoms with E-state index in [1.807, 2.05) is 17.5 Å². The molecule has 0 fully saturated rings. The molecule has 4 heteroatoms. The zero-order valence-electron chi connectivity index (χ0n) is 6.58. The van der Waals surface area contributed by atoms with E-state index in [-0.39, 0.29) is 0 Å². The van der Waals surface area contributed by atoms with Gasteiger partial charge in [0.05, 0.1) is 10.4 Å². The highest BCUT2D eigenvalue weighted by Crippen LogP contribution is 2.32. The van der Waals surface area contributed by atoms with Crippen LogP contribution in [0.4, 0.5) is 5.69 Å². The van der Waals surface area contributed by atoms with Gasteiger partial charge in [-0.05, 0) is 40.1 Å². The first-order valence-corrected chi connectivity index (χ1v) is 5.60. The third-order valence-corrected chi connectivity index (χ3v) is 3.73. The van der Waals surface area contributed by atoms with Gasteiger partial charge in [0.2, 0.25) is 0 Å². The maximum atomic E-state index is 10.8. The largest absolute Gasteiger partial charge is 0.398 e. The molecule has 0 saturated heterocycles. The van der Waals surface area contributed by atoms with E-state index in [2.05, 4.69) is 22.6 Å². The predicted molar refractivity (Wildman–Crippen MR) is 64.3 cm³/mol. The summed E-state index contributed by atoms with van der Waals surface area (Å²) in [5.74, 6) is 0. The van der Waals surface area contributed by atoms with Crippen molar-refractivity contribution >= 4 is 56.0 Å². The molecule has 2 rings (SSSR count). The lowest BCUT2D eigenvalue weighted by atomic mass is 10.1. The van der Waals surface area contributed by atoms with Gasteiger partial charge in [0, 0.05) is 14.5 Å². The lowest BCUT2D eigenvalue weighted by Crippen LogP contribution is -1.91. The molecule has 0 aliphatic heterocycles. The standard InChI is InChI=1S/C9H6INOS/c10-7-3-8(11)9-5(1-2-13-9)6(7)4-12/h1-4H,11H2. The number of halogens is 1. The number of fused-ring (bicyclic) bond motifs is 1. The number of benzene rings is 1. The van der Waals surface area contributed by atoms with Gasteiger partial charge in [-0.1, -0.05) is 0 Å². The summed E-state index contributed by atoms with van der Waals surface area (Å²) in [6, 6.07) is 3.77. The number of rotatable bonds is 1. The highest BCUT2D eigenvalue weighted by Gasteiger charge is 2.08. The fourth-order valence-corrected chi connectivity index (χ4v) is 2.87. The second-order valence-corrected chi connectivity index (χ2v) is 4.72. The lowest BCUT2D eigenvalue weighted by Gasteiger charge is -2.01. The van der Waals surface area contributed by atoms with Gasteiger partial charge in [-0.2, -0.15) is 0 Å². The van der Waals surface area contributed by atoms with E-state index >= 15 is 0 Å². The van der Waals surface area contributed by atoms with Crippen molar-refractivity contribution in [2.24, 2.45) is 0 Å². The molecule has 0 unspecified atom stereocenters. The predicted octanol–water partition coefficient (Wildman–Crippen LogP) is 2.90. The maximum absolute atomic E-state index is 10.8. The summed E-state index contributed by atoms with van der Waals surface area (Å²) in [4.78, 5) is 10.8. The molecule has 2 N–H and O–H groups in total. The van der Waals surface area contributed by atoms with Crippen LogP contribution in [-0.2, 0) is 0 Å². The fraction of sp³-hybridized carbons (Fsp3) is 0. The van der Waals surface area contributed by atoms with Crippen molar-refractivity contribution in [1.82, 2.24) is 0 Å². The molecule has 13 heavy (non-hydrogen) atoms. The minimum absolute atomic E-state index is 0.742. The third-order valence-electron chi connectivity index (χ3n) is 1.87. The average Bonchev–Trinajstić information content (AvgIpc) is 2.53. The van der Waals surface area contributed by atoms with Crippen molar-refractivity contribution in [1.29, 1.82) is 0 Å². The summed E-state index contributed by atoms with van der Waals surface area (Å²) in [5, 5.41) is 2.91. The van der Waals surface area contributed by atoms with Crippen molar-refractivity contribution in [3.8, 4) is 0 Å². The van der Waals surface area contributed by atoms with Crippen LogP contribution in [0.25, 0.3) is 10.1 Å².